The maximum atomic E-state index is 13.4. The van der Waals surface area contributed by atoms with Gasteiger partial charge >= 0.3 is 0 Å². The molecule has 0 radical (unpaired) electrons. The molecule has 0 bridgehead atoms. The van der Waals surface area contributed by atoms with Gasteiger partial charge in [0, 0.05) is 0 Å². The molecule has 0 atom stereocenters. The Morgan fingerprint density at radius 3 is 2.38 bits per heavy atom. The third kappa shape index (κ3) is 3.42. The van der Waals surface area contributed by atoms with Gasteiger partial charge in [-0.05, 0) is 42.7 Å². The molecule has 2 nitrogen and oxygen atoms in total. The van der Waals surface area contributed by atoms with E-state index in [1.165, 1.54) is 0 Å². The van der Waals surface area contributed by atoms with E-state index in [1.807, 2.05) is 26.0 Å². The van der Waals surface area contributed by atoms with Crippen molar-refractivity contribution in [1.82, 2.24) is 0 Å². The lowest BCUT2D eigenvalue weighted by atomic mass is 10.0. The molecule has 2 aromatic carbocycles. The van der Waals surface area contributed by atoms with Gasteiger partial charge in [-0.25, -0.2) is 13.2 Å². The average molecular weight is 293 g/mol. The van der Waals surface area contributed by atoms with Crippen LogP contribution < -0.4 is 5.32 Å². The summed E-state index contributed by atoms with van der Waals surface area (Å²) >= 11 is 0. The molecule has 2 rings (SSSR count). The number of benzene rings is 2. The van der Waals surface area contributed by atoms with Crippen molar-refractivity contribution in [2.45, 2.75) is 20.3 Å². The number of hydrogen-bond donors (Lipinski definition) is 1. The van der Waals surface area contributed by atoms with Crippen molar-refractivity contribution in [3.05, 3.63) is 64.5 Å². The van der Waals surface area contributed by atoms with Gasteiger partial charge in [0.2, 0.25) is 5.91 Å². The molecule has 0 saturated heterocycles. The molecule has 0 aliphatic rings. The van der Waals surface area contributed by atoms with Crippen molar-refractivity contribution >= 4 is 11.6 Å². The van der Waals surface area contributed by atoms with Crippen LogP contribution in [-0.2, 0) is 11.2 Å². The maximum Gasteiger partial charge on any atom is 0.228 e. The maximum absolute atomic E-state index is 13.4. The van der Waals surface area contributed by atoms with E-state index < -0.39 is 23.4 Å². The fourth-order valence-electron chi connectivity index (χ4n) is 1.92. The minimum atomic E-state index is -1.60. The van der Waals surface area contributed by atoms with E-state index >= 15 is 0 Å². The zero-order chi connectivity index (χ0) is 15.6. The SMILES string of the molecule is Cc1ccc(CC(=O)Nc2ccc(F)c(F)c2F)cc1C. The molecule has 21 heavy (non-hydrogen) atoms. The lowest BCUT2D eigenvalue weighted by molar-refractivity contribution is -0.115. The zero-order valence-electron chi connectivity index (χ0n) is 11.6. The van der Waals surface area contributed by atoms with Crippen LogP contribution in [0.15, 0.2) is 30.3 Å². The highest BCUT2D eigenvalue weighted by Crippen LogP contribution is 2.20. The van der Waals surface area contributed by atoms with E-state index in [-0.39, 0.29) is 12.1 Å². The van der Waals surface area contributed by atoms with Crippen molar-refractivity contribution in [3.63, 3.8) is 0 Å². The second-order valence-corrected chi connectivity index (χ2v) is 4.87. The topological polar surface area (TPSA) is 29.1 Å². The van der Waals surface area contributed by atoms with Gasteiger partial charge in [0.15, 0.2) is 17.5 Å². The van der Waals surface area contributed by atoms with Gasteiger partial charge in [-0.2, -0.15) is 0 Å². The Bertz CT molecular complexity index is 698. The number of anilines is 1. The van der Waals surface area contributed by atoms with Crippen LogP contribution in [0.5, 0.6) is 0 Å². The van der Waals surface area contributed by atoms with Crippen LogP contribution in [0, 0.1) is 31.3 Å². The summed E-state index contributed by atoms with van der Waals surface area (Å²) in [5, 5.41) is 2.24. The van der Waals surface area contributed by atoms with Crippen molar-refractivity contribution in [3.8, 4) is 0 Å². The summed E-state index contributed by atoms with van der Waals surface area (Å²) in [6.45, 7) is 3.88. The molecule has 0 aromatic heterocycles. The summed E-state index contributed by atoms with van der Waals surface area (Å²) in [6.07, 6.45) is 0.0273. The van der Waals surface area contributed by atoms with Crippen molar-refractivity contribution < 1.29 is 18.0 Å². The highest BCUT2D eigenvalue weighted by atomic mass is 19.2. The summed E-state index contributed by atoms with van der Waals surface area (Å²) in [5.74, 6) is -4.79. The Hall–Kier alpha value is -2.30. The number of aryl methyl sites for hydroxylation is 2. The van der Waals surface area contributed by atoms with Crippen molar-refractivity contribution in [2.75, 3.05) is 5.32 Å². The average Bonchev–Trinajstić information content (AvgIpc) is 2.44. The Kier molecular flexibility index (Phi) is 4.31. The minimum Gasteiger partial charge on any atom is -0.323 e. The number of halogens is 3. The number of amides is 1. The van der Waals surface area contributed by atoms with E-state index in [9.17, 15) is 18.0 Å². The number of rotatable bonds is 3. The summed E-state index contributed by atoms with van der Waals surface area (Å²) in [5.41, 5.74) is 2.53. The molecular weight excluding hydrogens is 279 g/mol. The van der Waals surface area contributed by atoms with E-state index in [0.29, 0.717) is 0 Å². The quantitative estimate of drug-likeness (QED) is 0.854. The molecule has 1 amide bonds. The monoisotopic (exact) mass is 293 g/mol. The van der Waals surface area contributed by atoms with E-state index in [1.54, 1.807) is 6.07 Å². The van der Waals surface area contributed by atoms with Crippen LogP contribution in [-0.4, -0.2) is 5.91 Å². The first-order chi connectivity index (χ1) is 9.88. The highest BCUT2D eigenvalue weighted by Gasteiger charge is 2.15. The first kappa shape index (κ1) is 15.1. The van der Waals surface area contributed by atoms with Crippen LogP contribution in [0.1, 0.15) is 16.7 Å². The smallest absolute Gasteiger partial charge is 0.228 e. The fraction of sp³-hybridized carbons (Fsp3) is 0.188. The van der Waals surface area contributed by atoms with Crippen LogP contribution in [0.4, 0.5) is 18.9 Å². The Balaban J connectivity index is 2.12. The first-order valence-electron chi connectivity index (χ1n) is 6.38. The van der Waals surface area contributed by atoms with Crippen LogP contribution in [0.3, 0.4) is 0 Å². The van der Waals surface area contributed by atoms with E-state index in [2.05, 4.69) is 5.32 Å². The summed E-state index contributed by atoms with van der Waals surface area (Å²) in [6, 6.07) is 7.30. The second-order valence-electron chi connectivity index (χ2n) is 4.87. The van der Waals surface area contributed by atoms with Gasteiger partial charge in [-0.15, -0.1) is 0 Å². The summed E-state index contributed by atoms with van der Waals surface area (Å²) < 4.78 is 39.3. The molecular formula is C16H14F3NO. The van der Waals surface area contributed by atoms with Gasteiger partial charge in [0.1, 0.15) is 0 Å². The number of carbonyl (C=O) groups is 1. The summed E-state index contributed by atoms with van der Waals surface area (Å²) in [4.78, 5) is 11.8. The highest BCUT2D eigenvalue weighted by molar-refractivity contribution is 5.92. The van der Waals surface area contributed by atoms with Gasteiger partial charge in [-0.1, -0.05) is 18.2 Å². The fourth-order valence-corrected chi connectivity index (χ4v) is 1.92. The summed E-state index contributed by atoms with van der Waals surface area (Å²) in [7, 11) is 0. The predicted octanol–water partition coefficient (Wildman–Crippen LogP) is 3.90. The van der Waals surface area contributed by atoms with E-state index in [0.717, 1.165) is 28.8 Å². The van der Waals surface area contributed by atoms with Gasteiger partial charge in [-0.3, -0.25) is 4.79 Å². The molecule has 5 heteroatoms. The second kappa shape index (κ2) is 5.99. The Morgan fingerprint density at radius 2 is 1.71 bits per heavy atom. The molecule has 0 unspecified atom stereocenters. The third-order valence-corrected chi connectivity index (χ3v) is 3.25. The molecule has 110 valence electrons. The molecule has 0 aliphatic heterocycles. The molecule has 0 spiro atoms. The number of hydrogen-bond acceptors (Lipinski definition) is 1. The Morgan fingerprint density at radius 1 is 1.00 bits per heavy atom. The van der Waals surface area contributed by atoms with Crippen molar-refractivity contribution in [1.29, 1.82) is 0 Å². The molecule has 0 saturated carbocycles. The lowest BCUT2D eigenvalue weighted by Crippen LogP contribution is -2.16. The predicted molar refractivity (Wildman–Crippen MR) is 74.6 cm³/mol. The molecule has 0 fully saturated rings. The van der Waals surface area contributed by atoms with E-state index in [4.69, 9.17) is 0 Å². The third-order valence-electron chi connectivity index (χ3n) is 3.25. The Labute approximate surface area is 120 Å². The van der Waals surface area contributed by atoms with Crippen LogP contribution >= 0.6 is 0 Å². The van der Waals surface area contributed by atoms with Gasteiger partial charge in [0.25, 0.3) is 0 Å². The van der Waals surface area contributed by atoms with Crippen LogP contribution in [0.25, 0.3) is 0 Å². The molecule has 0 heterocycles. The zero-order valence-corrected chi connectivity index (χ0v) is 11.6. The molecule has 1 N–H and O–H groups in total. The number of nitrogens with one attached hydrogen (secondary N) is 1. The van der Waals surface area contributed by atoms with Crippen molar-refractivity contribution in [2.24, 2.45) is 0 Å². The largest absolute Gasteiger partial charge is 0.323 e. The minimum absolute atomic E-state index is 0.0273. The normalized spacial score (nSPS) is 10.5. The standard InChI is InChI=1S/C16H14F3NO/c1-9-3-4-11(7-10(9)2)8-14(21)20-13-6-5-12(17)15(18)16(13)19/h3-7H,8H2,1-2H3,(H,20,21). The molecule has 0 aliphatic carbocycles. The first-order valence-corrected chi connectivity index (χ1v) is 6.38. The van der Waals surface area contributed by atoms with Crippen LogP contribution in [0.2, 0.25) is 0 Å². The van der Waals surface area contributed by atoms with Gasteiger partial charge in [0.05, 0.1) is 12.1 Å². The lowest BCUT2D eigenvalue weighted by Gasteiger charge is -2.08. The molecule has 2 aromatic rings. The number of carbonyl (C=O) groups excluding carboxylic acids is 1. The van der Waals surface area contributed by atoms with Gasteiger partial charge < -0.3 is 5.32 Å².